The molecule has 0 saturated carbocycles. The van der Waals surface area contributed by atoms with Crippen molar-refractivity contribution in [1.29, 1.82) is 0 Å². The van der Waals surface area contributed by atoms with E-state index in [2.05, 4.69) is 11.9 Å². The van der Waals surface area contributed by atoms with Gasteiger partial charge in [0, 0.05) is 23.4 Å². The lowest BCUT2D eigenvalue weighted by Crippen LogP contribution is -2.37. The second kappa shape index (κ2) is 17.5. The molecule has 3 N–H and O–H groups in total. The van der Waals surface area contributed by atoms with Crippen molar-refractivity contribution in [2.45, 2.75) is 109 Å². The SMILES string of the molecule is CCCCCCCCCCCCCCCCOC1C(O[P+](=O)O)=C(CO)O[C@H]1n1ccc(=O)[nH]c1=O. The summed E-state index contributed by atoms with van der Waals surface area (Å²) in [6.07, 6.45) is 16.4. The van der Waals surface area contributed by atoms with Crippen LogP contribution in [-0.2, 0) is 18.6 Å². The molecule has 1 aromatic heterocycles. The highest BCUT2D eigenvalue weighted by Gasteiger charge is 2.45. The number of nitrogens with one attached hydrogen (secondary N) is 1. The predicted octanol–water partition coefficient (Wildman–Crippen LogP) is 4.80. The normalized spacial score (nSPS) is 17.9. The lowest BCUT2D eigenvalue weighted by Gasteiger charge is -2.21. The Labute approximate surface area is 213 Å². The number of aromatic amines is 1. The van der Waals surface area contributed by atoms with Crippen molar-refractivity contribution in [1.82, 2.24) is 9.55 Å². The van der Waals surface area contributed by atoms with Crippen LogP contribution in [-0.4, -0.2) is 38.9 Å². The number of hydrogen-bond acceptors (Lipinski definition) is 7. The lowest BCUT2D eigenvalue weighted by molar-refractivity contribution is -0.0556. The molecule has 1 aromatic rings. The number of aliphatic hydroxyl groups excluding tert-OH is 1. The summed E-state index contributed by atoms with van der Waals surface area (Å²) in [6, 6.07) is 1.15. The first kappa shape index (κ1) is 30.2. The van der Waals surface area contributed by atoms with Crippen molar-refractivity contribution < 1.29 is 28.6 Å². The Morgan fingerprint density at radius 2 is 1.53 bits per heavy atom. The molecule has 204 valence electrons. The van der Waals surface area contributed by atoms with Gasteiger partial charge in [-0.15, -0.1) is 4.89 Å². The fraction of sp³-hybridized carbons (Fsp3) is 0.760. The average molecular weight is 530 g/mol. The van der Waals surface area contributed by atoms with E-state index in [1.54, 1.807) is 0 Å². The highest BCUT2D eigenvalue weighted by atomic mass is 31.1. The van der Waals surface area contributed by atoms with Crippen LogP contribution in [0.4, 0.5) is 0 Å². The fourth-order valence-corrected chi connectivity index (χ4v) is 4.73. The molecule has 0 amide bonds. The first-order valence-electron chi connectivity index (χ1n) is 13.3. The van der Waals surface area contributed by atoms with Crippen LogP contribution in [0.3, 0.4) is 0 Å². The minimum absolute atomic E-state index is 0.0959. The Bertz CT molecular complexity index is 929. The summed E-state index contributed by atoms with van der Waals surface area (Å²) in [5, 5.41) is 9.61. The van der Waals surface area contributed by atoms with Crippen molar-refractivity contribution in [3.63, 3.8) is 0 Å². The molecular weight excluding hydrogens is 487 g/mol. The summed E-state index contributed by atoms with van der Waals surface area (Å²) < 4.78 is 28.9. The molecule has 1 aliphatic rings. The minimum Gasteiger partial charge on any atom is -0.465 e. The van der Waals surface area contributed by atoms with Gasteiger partial charge < -0.3 is 14.6 Å². The number of hydrogen-bond donors (Lipinski definition) is 3. The summed E-state index contributed by atoms with van der Waals surface area (Å²) in [6.45, 7) is 1.95. The maximum Gasteiger partial charge on any atom is 0.747 e. The quantitative estimate of drug-likeness (QED) is 0.162. The summed E-state index contributed by atoms with van der Waals surface area (Å²) in [7, 11) is -3.03. The summed E-state index contributed by atoms with van der Waals surface area (Å²) in [5.74, 6) is -0.226. The third kappa shape index (κ3) is 10.5. The Kier molecular flexibility index (Phi) is 14.7. The zero-order chi connectivity index (χ0) is 26.2. The molecular formula is C25H42N2O8P+. The molecule has 0 spiro atoms. The average Bonchev–Trinajstić information content (AvgIpc) is 3.17. The third-order valence-corrected chi connectivity index (χ3v) is 6.65. The topological polar surface area (TPSA) is 140 Å². The Morgan fingerprint density at radius 3 is 2.03 bits per heavy atom. The molecule has 2 heterocycles. The second-order valence-corrected chi connectivity index (χ2v) is 9.85. The number of aromatic nitrogens is 2. The van der Waals surface area contributed by atoms with Crippen LogP contribution in [0.1, 0.15) is 103 Å². The maximum absolute atomic E-state index is 12.3. The third-order valence-electron chi connectivity index (χ3n) is 6.30. The van der Waals surface area contributed by atoms with E-state index in [1.165, 1.54) is 76.8 Å². The maximum atomic E-state index is 12.3. The summed E-state index contributed by atoms with van der Waals surface area (Å²) in [4.78, 5) is 35.0. The van der Waals surface area contributed by atoms with Gasteiger partial charge in [0.05, 0.1) is 0 Å². The number of rotatable bonds is 20. The van der Waals surface area contributed by atoms with E-state index in [-0.39, 0.29) is 11.5 Å². The first-order valence-corrected chi connectivity index (χ1v) is 14.4. The number of ether oxygens (including phenoxy) is 2. The largest absolute Gasteiger partial charge is 0.747 e. The van der Waals surface area contributed by atoms with Gasteiger partial charge in [-0.2, -0.15) is 0 Å². The molecule has 10 nitrogen and oxygen atoms in total. The van der Waals surface area contributed by atoms with Crippen molar-refractivity contribution in [2.75, 3.05) is 13.2 Å². The van der Waals surface area contributed by atoms with Crippen molar-refractivity contribution in [3.05, 3.63) is 44.6 Å². The minimum atomic E-state index is -3.03. The molecule has 0 fully saturated rings. The molecule has 11 heteroatoms. The Hall–Kier alpha value is -2.00. The van der Waals surface area contributed by atoms with E-state index in [0.717, 1.165) is 29.9 Å². The monoisotopic (exact) mass is 529 g/mol. The first-order chi connectivity index (χ1) is 17.5. The lowest BCUT2D eigenvalue weighted by atomic mass is 10.0. The van der Waals surface area contributed by atoms with Crippen molar-refractivity contribution in [2.24, 2.45) is 0 Å². The summed E-state index contributed by atoms with van der Waals surface area (Å²) >= 11 is 0. The zero-order valence-corrected chi connectivity index (χ0v) is 22.3. The van der Waals surface area contributed by atoms with Crippen molar-refractivity contribution >= 4 is 8.25 Å². The number of nitrogens with zero attached hydrogens (tertiary/aromatic N) is 1. The van der Waals surface area contributed by atoms with Crippen molar-refractivity contribution in [3.8, 4) is 0 Å². The van der Waals surface area contributed by atoms with E-state index in [1.807, 2.05) is 0 Å². The van der Waals surface area contributed by atoms with E-state index in [4.69, 9.17) is 14.0 Å². The van der Waals surface area contributed by atoms with Gasteiger partial charge in [-0.3, -0.25) is 14.3 Å². The van der Waals surface area contributed by atoms with Gasteiger partial charge >= 0.3 is 13.9 Å². The van der Waals surface area contributed by atoms with Gasteiger partial charge in [0.15, 0.2) is 11.9 Å². The second-order valence-electron chi connectivity index (χ2n) is 9.19. The van der Waals surface area contributed by atoms with Gasteiger partial charge in [-0.05, 0) is 6.42 Å². The zero-order valence-electron chi connectivity index (χ0n) is 21.4. The molecule has 2 rings (SSSR count). The molecule has 2 unspecified atom stereocenters. The van der Waals surface area contributed by atoms with Crippen LogP contribution in [0, 0.1) is 0 Å². The molecule has 36 heavy (non-hydrogen) atoms. The van der Waals surface area contributed by atoms with Crippen LogP contribution in [0.15, 0.2) is 33.4 Å². The van der Waals surface area contributed by atoms with E-state index in [9.17, 15) is 24.2 Å². The molecule has 0 aromatic carbocycles. The van der Waals surface area contributed by atoms with Crippen LogP contribution in [0.2, 0.25) is 0 Å². The van der Waals surface area contributed by atoms with Crippen LogP contribution >= 0.6 is 8.25 Å². The van der Waals surface area contributed by atoms with Crippen LogP contribution < -0.4 is 11.2 Å². The standard InChI is InChI=1S/C25H41N2O8P/c1-2-3-4-5-6-7-8-9-10-11-12-13-14-15-18-33-23-22(35-36(31)32)20(19-28)34-24(23)27-17-16-21(29)26-25(27)30/h16-17,23-24,28H,2-15,18-19H2,1H3,(H-,26,29,30,31,32)/p+1/t23?,24-/m1/s1. The van der Waals surface area contributed by atoms with Gasteiger partial charge in [0.2, 0.25) is 12.0 Å². The molecule has 0 aliphatic carbocycles. The van der Waals surface area contributed by atoms with E-state index < -0.39 is 38.4 Å². The van der Waals surface area contributed by atoms with Gasteiger partial charge in [0.25, 0.3) is 5.56 Å². The van der Waals surface area contributed by atoms with E-state index in [0.29, 0.717) is 6.61 Å². The Morgan fingerprint density at radius 1 is 0.972 bits per heavy atom. The molecule has 0 radical (unpaired) electrons. The van der Waals surface area contributed by atoms with Gasteiger partial charge in [0.1, 0.15) is 6.61 Å². The molecule has 0 bridgehead atoms. The molecule has 3 atom stereocenters. The van der Waals surface area contributed by atoms with Gasteiger partial charge in [-0.25, -0.2) is 9.32 Å². The molecule has 0 saturated heterocycles. The predicted molar refractivity (Wildman–Crippen MR) is 137 cm³/mol. The number of H-pyrrole nitrogens is 1. The highest BCUT2D eigenvalue weighted by molar-refractivity contribution is 7.32. The summed E-state index contributed by atoms with van der Waals surface area (Å²) in [5.41, 5.74) is -1.30. The number of unbranched alkanes of at least 4 members (excludes halogenated alkanes) is 13. The van der Waals surface area contributed by atoms with E-state index >= 15 is 0 Å². The highest BCUT2D eigenvalue weighted by Crippen LogP contribution is 2.39. The number of aliphatic hydroxyl groups is 1. The Balaban J connectivity index is 1.72. The smallest absolute Gasteiger partial charge is 0.465 e. The fourth-order valence-electron chi connectivity index (χ4n) is 4.35. The molecule has 1 aliphatic heterocycles. The van der Waals surface area contributed by atoms with Gasteiger partial charge in [-0.1, -0.05) is 90.4 Å². The van der Waals surface area contributed by atoms with Crippen LogP contribution in [0.5, 0.6) is 0 Å². The van der Waals surface area contributed by atoms with Crippen LogP contribution in [0.25, 0.3) is 0 Å².